The number of hydrogen-bond donors (Lipinski definition) is 1. The summed E-state index contributed by atoms with van der Waals surface area (Å²) in [5.41, 5.74) is 5.75. The van der Waals surface area contributed by atoms with E-state index < -0.39 is 0 Å². The second-order valence-corrected chi connectivity index (χ2v) is 10.0. The lowest BCUT2D eigenvalue weighted by molar-refractivity contribution is 0.394. The van der Waals surface area contributed by atoms with Crippen LogP contribution in [0.1, 0.15) is 34.7 Å². The van der Waals surface area contributed by atoms with Crippen molar-refractivity contribution in [2.45, 2.75) is 25.9 Å². The number of benzene rings is 2. The maximum Gasteiger partial charge on any atom is 0.174 e. The normalized spacial score (nSPS) is 17.1. The molecule has 9 heteroatoms. The molecule has 1 N–H and O–H groups in total. The van der Waals surface area contributed by atoms with Crippen LogP contribution >= 0.6 is 35.4 Å². The van der Waals surface area contributed by atoms with E-state index in [0.717, 1.165) is 34.0 Å². The molecule has 0 saturated carbocycles. The summed E-state index contributed by atoms with van der Waals surface area (Å²) in [5.74, 6) is 1.36. The topological polar surface area (TPSA) is 51.5 Å². The van der Waals surface area contributed by atoms with Crippen molar-refractivity contribution in [3.05, 3.63) is 99.6 Å². The largest absolute Gasteiger partial charge is 0.497 e. The Morgan fingerprint density at radius 3 is 2.41 bits per heavy atom. The number of hydrogen-bond acceptors (Lipinski definition) is 4. The fourth-order valence-corrected chi connectivity index (χ4v) is 5.87. The highest BCUT2D eigenvalue weighted by molar-refractivity contribution is 7.80. The van der Waals surface area contributed by atoms with Crippen molar-refractivity contribution < 1.29 is 9.47 Å². The van der Waals surface area contributed by atoms with E-state index >= 15 is 0 Å². The molecular formula is C28H26Cl2N4O2S. The Morgan fingerprint density at radius 1 is 0.946 bits per heavy atom. The van der Waals surface area contributed by atoms with Gasteiger partial charge in [0.25, 0.3) is 0 Å². The van der Waals surface area contributed by atoms with Gasteiger partial charge in [-0.05, 0) is 80.2 Å². The van der Waals surface area contributed by atoms with Crippen LogP contribution in [0.25, 0.3) is 5.69 Å². The van der Waals surface area contributed by atoms with Crippen LogP contribution in [0.2, 0.25) is 10.0 Å². The first kappa shape index (κ1) is 25.4. The third-order valence-corrected chi connectivity index (χ3v) is 7.54. The first-order valence-corrected chi connectivity index (χ1v) is 12.9. The second-order valence-electron chi connectivity index (χ2n) is 8.79. The number of nitrogens with one attached hydrogen (secondary N) is 1. The van der Waals surface area contributed by atoms with Crippen LogP contribution in [0, 0.1) is 13.8 Å². The fraction of sp³-hybridized carbons (Fsp3) is 0.214. The molecule has 1 aliphatic rings. The average molecular weight is 554 g/mol. The zero-order valence-electron chi connectivity index (χ0n) is 20.8. The molecule has 0 spiro atoms. The van der Waals surface area contributed by atoms with Crippen LogP contribution in [-0.2, 0) is 0 Å². The van der Waals surface area contributed by atoms with Gasteiger partial charge >= 0.3 is 0 Å². The second kappa shape index (κ2) is 10.2. The highest BCUT2D eigenvalue weighted by Gasteiger charge is 2.43. The SMILES string of the molecule is COc1ccc(N2C(=S)N[C@H](c3ccccn3)[C@H]2c2cc(C)n(-c3ccc(Cl)cc3Cl)c2C)c(OC)c1. The van der Waals surface area contributed by atoms with E-state index in [1.807, 2.05) is 48.5 Å². The molecule has 5 rings (SSSR count). The number of ether oxygens (including phenoxy) is 2. The van der Waals surface area contributed by atoms with E-state index in [1.54, 1.807) is 26.5 Å². The molecule has 4 aromatic rings. The Kier molecular flexibility index (Phi) is 7.03. The van der Waals surface area contributed by atoms with Gasteiger partial charge in [0, 0.05) is 28.7 Å². The molecule has 0 aliphatic carbocycles. The molecule has 37 heavy (non-hydrogen) atoms. The number of rotatable bonds is 6. The van der Waals surface area contributed by atoms with Gasteiger partial charge in [0.15, 0.2) is 5.11 Å². The fourth-order valence-electron chi connectivity index (χ4n) is 5.03. The Hall–Kier alpha value is -3.26. The van der Waals surface area contributed by atoms with Crippen molar-refractivity contribution >= 4 is 46.2 Å². The van der Waals surface area contributed by atoms with Crippen molar-refractivity contribution in [3.63, 3.8) is 0 Å². The molecule has 1 fully saturated rings. The number of aromatic nitrogens is 2. The van der Waals surface area contributed by atoms with E-state index in [0.29, 0.717) is 26.7 Å². The molecule has 2 atom stereocenters. The van der Waals surface area contributed by atoms with Crippen molar-refractivity contribution in [1.29, 1.82) is 0 Å². The van der Waals surface area contributed by atoms with Gasteiger partial charge in [-0.3, -0.25) is 4.98 Å². The van der Waals surface area contributed by atoms with Gasteiger partial charge < -0.3 is 24.3 Å². The van der Waals surface area contributed by atoms with Crippen molar-refractivity contribution in [2.24, 2.45) is 0 Å². The van der Waals surface area contributed by atoms with Gasteiger partial charge in [-0.25, -0.2) is 0 Å². The average Bonchev–Trinajstić information content (AvgIpc) is 3.39. The van der Waals surface area contributed by atoms with Crippen LogP contribution < -0.4 is 19.7 Å². The molecule has 0 bridgehead atoms. The molecule has 3 heterocycles. The van der Waals surface area contributed by atoms with E-state index in [-0.39, 0.29) is 12.1 Å². The predicted molar refractivity (Wildman–Crippen MR) is 153 cm³/mol. The first-order valence-electron chi connectivity index (χ1n) is 11.7. The van der Waals surface area contributed by atoms with Gasteiger partial charge in [0.05, 0.1) is 48.4 Å². The number of pyridine rings is 1. The predicted octanol–water partition coefficient (Wildman–Crippen LogP) is 6.99. The van der Waals surface area contributed by atoms with Gasteiger partial charge in [-0.2, -0.15) is 0 Å². The van der Waals surface area contributed by atoms with Gasteiger partial charge in [0.1, 0.15) is 11.5 Å². The van der Waals surface area contributed by atoms with Gasteiger partial charge in [0.2, 0.25) is 0 Å². The van der Waals surface area contributed by atoms with E-state index in [4.69, 9.17) is 44.9 Å². The summed E-state index contributed by atoms with van der Waals surface area (Å²) in [5, 5.41) is 5.27. The molecule has 190 valence electrons. The maximum absolute atomic E-state index is 6.63. The molecule has 0 amide bonds. The highest BCUT2D eigenvalue weighted by Crippen LogP contribution is 2.47. The van der Waals surface area contributed by atoms with E-state index in [2.05, 4.69) is 39.7 Å². The van der Waals surface area contributed by atoms with Crippen LogP contribution in [-0.4, -0.2) is 28.9 Å². The quantitative estimate of drug-likeness (QED) is 0.260. The number of halogens is 2. The summed E-state index contributed by atoms with van der Waals surface area (Å²) in [6.07, 6.45) is 1.80. The minimum atomic E-state index is -0.212. The molecule has 0 unspecified atom stereocenters. The molecule has 0 radical (unpaired) electrons. The summed E-state index contributed by atoms with van der Waals surface area (Å²) in [6, 6.07) is 18.9. The Labute approximate surface area is 231 Å². The summed E-state index contributed by atoms with van der Waals surface area (Å²) < 4.78 is 13.3. The molecule has 1 saturated heterocycles. The lowest BCUT2D eigenvalue weighted by atomic mass is 9.96. The third kappa shape index (κ3) is 4.52. The molecule has 6 nitrogen and oxygen atoms in total. The number of methoxy groups -OCH3 is 2. The number of nitrogens with zero attached hydrogens (tertiary/aromatic N) is 3. The van der Waals surface area contributed by atoms with E-state index in [9.17, 15) is 0 Å². The van der Waals surface area contributed by atoms with Gasteiger partial charge in [-0.15, -0.1) is 0 Å². The molecule has 1 aliphatic heterocycles. The highest BCUT2D eigenvalue weighted by atomic mass is 35.5. The minimum absolute atomic E-state index is 0.199. The van der Waals surface area contributed by atoms with E-state index in [1.165, 1.54) is 0 Å². The van der Waals surface area contributed by atoms with Crippen LogP contribution in [0.3, 0.4) is 0 Å². The smallest absolute Gasteiger partial charge is 0.174 e. The van der Waals surface area contributed by atoms with Crippen LogP contribution in [0.15, 0.2) is 66.9 Å². The van der Waals surface area contributed by atoms with Crippen molar-refractivity contribution in [1.82, 2.24) is 14.9 Å². The Balaban J connectivity index is 1.71. The monoisotopic (exact) mass is 552 g/mol. The van der Waals surface area contributed by atoms with Crippen molar-refractivity contribution in [2.75, 3.05) is 19.1 Å². The first-order chi connectivity index (χ1) is 17.8. The minimum Gasteiger partial charge on any atom is -0.497 e. The number of thiocarbonyl (C=S) groups is 1. The lowest BCUT2D eigenvalue weighted by Gasteiger charge is -2.29. The molecule has 2 aromatic heterocycles. The lowest BCUT2D eigenvalue weighted by Crippen LogP contribution is -2.30. The summed E-state index contributed by atoms with van der Waals surface area (Å²) in [4.78, 5) is 6.77. The number of aryl methyl sites for hydroxylation is 1. The molecular weight excluding hydrogens is 527 g/mol. The molecule has 2 aromatic carbocycles. The zero-order chi connectivity index (χ0) is 26.3. The Morgan fingerprint density at radius 2 is 1.73 bits per heavy atom. The standard InChI is InChI=1S/C28H26Cl2N4O2S/c1-16-13-20(17(2)33(16)23-10-8-18(29)14-21(23)30)27-26(22-7-5-6-12-31-22)32-28(37)34(27)24-11-9-19(35-3)15-25(24)36-4/h5-15,26-27H,1-4H3,(H,32,37)/t26-,27-/m1/s1. The maximum atomic E-state index is 6.63. The third-order valence-electron chi connectivity index (χ3n) is 6.68. The number of anilines is 1. The van der Waals surface area contributed by atoms with Gasteiger partial charge in [-0.1, -0.05) is 29.3 Å². The summed E-state index contributed by atoms with van der Waals surface area (Å²) >= 11 is 18.7. The zero-order valence-corrected chi connectivity index (χ0v) is 23.2. The van der Waals surface area contributed by atoms with Crippen LogP contribution in [0.5, 0.6) is 11.5 Å². The Bertz CT molecular complexity index is 1470. The van der Waals surface area contributed by atoms with Crippen molar-refractivity contribution in [3.8, 4) is 17.2 Å². The van der Waals surface area contributed by atoms with Crippen LogP contribution in [0.4, 0.5) is 5.69 Å². The summed E-state index contributed by atoms with van der Waals surface area (Å²) in [6.45, 7) is 4.16. The summed E-state index contributed by atoms with van der Waals surface area (Å²) in [7, 11) is 3.28.